The number of hydrogen-bond acceptors (Lipinski definition) is 2. The second-order valence-corrected chi connectivity index (χ2v) is 3.02. The first-order chi connectivity index (χ1) is 5.11. The van der Waals surface area contributed by atoms with Crippen LogP contribution in [0, 0.1) is 6.92 Å². The van der Waals surface area contributed by atoms with Crippen LogP contribution in [0.5, 0.6) is 5.75 Å². The van der Waals surface area contributed by atoms with Crippen molar-refractivity contribution in [2.75, 3.05) is 0 Å². The maximum absolute atomic E-state index is 9.12. The van der Waals surface area contributed by atoms with E-state index in [2.05, 4.69) is 18.8 Å². The van der Waals surface area contributed by atoms with Gasteiger partial charge in [-0.15, -0.1) is 0 Å². The van der Waals surface area contributed by atoms with Crippen LogP contribution in [-0.2, 0) is 0 Å². The minimum Gasteiger partial charge on any atom is -0.506 e. The maximum atomic E-state index is 9.12. The van der Waals surface area contributed by atoms with Crippen molar-refractivity contribution in [3.8, 4) is 5.75 Å². The third-order valence-corrected chi connectivity index (χ3v) is 1.73. The summed E-state index contributed by atoms with van der Waals surface area (Å²) >= 11 is 0. The van der Waals surface area contributed by atoms with E-state index in [0.717, 1.165) is 11.3 Å². The zero-order valence-corrected chi connectivity index (χ0v) is 7.13. The summed E-state index contributed by atoms with van der Waals surface area (Å²) in [6.07, 6.45) is 1.47. The van der Waals surface area contributed by atoms with Gasteiger partial charge in [-0.05, 0) is 24.5 Å². The van der Waals surface area contributed by atoms with Crippen LogP contribution in [0.25, 0.3) is 0 Å². The van der Waals surface area contributed by atoms with Gasteiger partial charge in [0.25, 0.3) is 0 Å². The molecule has 1 N–H and O–H groups in total. The van der Waals surface area contributed by atoms with Crippen molar-refractivity contribution < 1.29 is 5.11 Å². The van der Waals surface area contributed by atoms with Crippen molar-refractivity contribution in [3.63, 3.8) is 0 Å². The fraction of sp³-hybridized carbons (Fsp3) is 0.444. The molecule has 1 aromatic heterocycles. The highest BCUT2D eigenvalue weighted by molar-refractivity contribution is 5.29. The number of aryl methyl sites for hydroxylation is 1. The monoisotopic (exact) mass is 151 g/mol. The predicted octanol–water partition coefficient (Wildman–Crippen LogP) is 2.22. The molecule has 0 fully saturated rings. The predicted molar refractivity (Wildman–Crippen MR) is 44.7 cm³/mol. The molecule has 1 aromatic rings. The Balaban J connectivity index is 3.13. The Morgan fingerprint density at radius 3 is 2.55 bits per heavy atom. The molecule has 0 amide bonds. The Morgan fingerprint density at radius 2 is 2.09 bits per heavy atom. The third-order valence-electron chi connectivity index (χ3n) is 1.73. The molecule has 0 aliphatic rings. The molecule has 0 atom stereocenters. The number of aromatic hydroxyl groups is 1. The highest BCUT2D eigenvalue weighted by Gasteiger charge is 2.04. The summed E-state index contributed by atoms with van der Waals surface area (Å²) in [5, 5.41) is 9.12. The van der Waals surface area contributed by atoms with E-state index in [1.54, 1.807) is 6.07 Å². The van der Waals surface area contributed by atoms with E-state index in [9.17, 15) is 0 Å². The molecule has 0 aliphatic heterocycles. The molecule has 0 aromatic carbocycles. The summed E-state index contributed by atoms with van der Waals surface area (Å²) in [7, 11) is 0. The second-order valence-electron chi connectivity index (χ2n) is 3.02. The first kappa shape index (κ1) is 8.05. The summed E-state index contributed by atoms with van der Waals surface area (Å²) < 4.78 is 0. The van der Waals surface area contributed by atoms with Gasteiger partial charge in [-0.3, -0.25) is 4.98 Å². The lowest BCUT2D eigenvalue weighted by Gasteiger charge is -2.07. The quantitative estimate of drug-likeness (QED) is 0.667. The topological polar surface area (TPSA) is 33.1 Å². The normalized spacial score (nSPS) is 10.5. The second kappa shape index (κ2) is 2.91. The first-order valence-corrected chi connectivity index (χ1v) is 3.76. The Kier molecular flexibility index (Phi) is 2.13. The van der Waals surface area contributed by atoms with Crippen molar-refractivity contribution in [3.05, 3.63) is 23.5 Å². The minimum absolute atomic E-state index is 0.249. The molecule has 60 valence electrons. The molecule has 0 saturated heterocycles. The summed E-state index contributed by atoms with van der Waals surface area (Å²) in [5.74, 6) is 0.675. The molecular weight excluding hydrogens is 138 g/mol. The summed E-state index contributed by atoms with van der Waals surface area (Å²) in [5.41, 5.74) is 2.11. The van der Waals surface area contributed by atoms with E-state index in [1.165, 1.54) is 6.20 Å². The van der Waals surface area contributed by atoms with Gasteiger partial charge in [0.2, 0.25) is 0 Å². The van der Waals surface area contributed by atoms with Crippen LogP contribution in [-0.4, -0.2) is 10.1 Å². The van der Waals surface area contributed by atoms with E-state index in [0.29, 0.717) is 5.92 Å². The molecule has 0 radical (unpaired) electrons. The van der Waals surface area contributed by atoms with Gasteiger partial charge in [-0.2, -0.15) is 0 Å². The van der Waals surface area contributed by atoms with Crippen LogP contribution in [0.2, 0.25) is 0 Å². The largest absolute Gasteiger partial charge is 0.506 e. The van der Waals surface area contributed by atoms with Crippen molar-refractivity contribution in [2.45, 2.75) is 26.7 Å². The highest BCUT2D eigenvalue weighted by atomic mass is 16.3. The van der Waals surface area contributed by atoms with Gasteiger partial charge < -0.3 is 5.11 Å². The average molecular weight is 151 g/mol. The molecule has 0 spiro atoms. The Hall–Kier alpha value is -1.05. The molecule has 0 bridgehead atoms. The Bertz CT molecular complexity index is 256. The SMILES string of the molecule is Cc1ncc(O)cc1C(C)C. The molecule has 2 heteroatoms. The van der Waals surface area contributed by atoms with Crippen molar-refractivity contribution >= 4 is 0 Å². The van der Waals surface area contributed by atoms with Crippen molar-refractivity contribution in [2.24, 2.45) is 0 Å². The number of rotatable bonds is 1. The summed E-state index contributed by atoms with van der Waals surface area (Å²) in [4.78, 5) is 4.05. The third kappa shape index (κ3) is 1.70. The van der Waals surface area contributed by atoms with Crippen molar-refractivity contribution in [1.29, 1.82) is 0 Å². The van der Waals surface area contributed by atoms with Crippen LogP contribution in [0.4, 0.5) is 0 Å². The molecule has 1 rings (SSSR count). The Morgan fingerprint density at radius 1 is 1.45 bits per heavy atom. The Labute approximate surface area is 66.9 Å². The van der Waals surface area contributed by atoms with Gasteiger partial charge in [-0.25, -0.2) is 0 Å². The van der Waals surface area contributed by atoms with E-state index < -0.39 is 0 Å². The van der Waals surface area contributed by atoms with Crippen LogP contribution in [0.1, 0.15) is 31.0 Å². The fourth-order valence-corrected chi connectivity index (χ4v) is 1.12. The zero-order chi connectivity index (χ0) is 8.43. The number of hydrogen-bond donors (Lipinski definition) is 1. The number of pyridine rings is 1. The van der Waals surface area contributed by atoms with Gasteiger partial charge in [0.05, 0.1) is 6.20 Å². The van der Waals surface area contributed by atoms with E-state index in [1.807, 2.05) is 6.92 Å². The number of nitrogens with zero attached hydrogens (tertiary/aromatic N) is 1. The minimum atomic E-state index is 0.249. The molecule has 0 unspecified atom stereocenters. The van der Waals surface area contributed by atoms with Gasteiger partial charge >= 0.3 is 0 Å². The van der Waals surface area contributed by atoms with Crippen LogP contribution in [0.15, 0.2) is 12.3 Å². The maximum Gasteiger partial charge on any atom is 0.134 e. The van der Waals surface area contributed by atoms with Crippen LogP contribution in [0.3, 0.4) is 0 Å². The summed E-state index contributed by atoms with van der Waals surface area (Å²) in [6.45, 7) is 6.13. The fourth-order valence-electron chi connectivity index (χ4n) is 1.12. The van der Waals surface area contributed by atoms with Gasteiger partial charge in [-0.1, -0.05) is 13.8 Å². The highest BCUT2D eigenvalue weighted by Crippen LogP contribution is 2.20. The molecular formula is C9H13NO. The molecule has 0 aliphatic carbocycles. The number of aromatic nitrogens is 1. The van der Waals surface area contributed by atoms with Gasteiger partial charge in [0.15, 0.2) is 0 Å². The van der Waals surface area contributed by atoms with Crippen LogP contribution < -0.4 is 0 Å². The standard InChI is InChI=1S/C9H13NO/c1-6(2)9-4-8(11)5-10-7(9)3/h4-6,11H,1-3H3. The van der Waals surface area contributed by atoms with Crippen molar-refractivity contribution in [1.82, 2.24) is 4.98 Å². The lowest BCUT2D eigenvalue weighted by Crippen LogP contribution is -1.93. The van der Waals surface area contributed by atoms with Gasteiger partial charge in [0.1, 0.15) is 5.75 Å². The molecule has 0 saturated carbocycles. The van der Waals surface area contributed by atoms with E-state index in [4.69, 9.17) is 5.11 Å². The lowest BCUT2D eigenvalue weighted by atomic mass is 10.0. The average Bonchev–Trinajstić information content (AvgIpc) is 1.94. The van der Waals surface area contributed by atoms with E-state index in [-0.39, 0.29) is 5.75 Å². The zero-order valence-electron chi connectivity index (χ0n) is 7.13. The smallest absolute Gasteiger partial charge is 0.134 e. The molecule has 2 nitrogen and oxygen atoms in total. The molecule has 11 heavy (non-hydrogen) atoms. The van der Waals surface area contributed by atoms with Crippen LogP contribution >= 0.6 is 0 Å². The first-order valence-electron chi connectivity index (χ1n) is 3.76. The van der Waals surface area contributed by atoms with E-state index >= 15 is 0 Å². The molecule has 1 heterocycles. The summed E-state index contributed by atoms with van der Waals surface area (Å²) in [6, 6.07) is 1.77. The lowest BCUT2D eigenvalue weighted by molar-refractivity contribution is 0.470. The van der Waals surface area contributed by atoms with Gasteiger partial charge in [0, 0.05) is 5.69 Å².